The number of ether oxygens (including phenoxy) is 1. The highest BCUT2D eigenvalue weighted by Gasteiger charge is 2.08. The molecule has 1 atom stereocenters. The molecule has 3 aromatic rings. The number of anilines is 3. The smallest absolute Gasteiger partial charge is 0.319 e. The molecular formula is C29H39N5O4. The number of urea groups is 1. The molecule has 204 valence electrons. The Kier molecular flexibility index (Phi) is 12.2. The first-order chi connectivity index (χ1) is 18.5. The minimum Gasteiger partial charge on any atom is -0.508 e. The van der Waals surface area contributed by atoms with Crippen molar-refractivity contribution in [3.05, 3.63) is 72.4 Å². The van der Waals surface area contributed by atoms with Crippen molar-refractivity contribution in [1.29, 1.82) is 0 Å². The number of carbonyl (C=O) groups is 1. The number of aromatic hydroxyl groups is 1. The van der Waals surface area contributed by atoms with E-state index < -0.39 is 6.10 Å². The number of benzene rings is 2. The van der Waals surface area contributed by atoms with Crippen LogP contribution in [0.15, 0.2) is 66.9 Å². The lowest BCUT2D eigenvalue weighted by atomic mass is 10.1. The predicted molar refractivity (Wildman–Crippen MR) is 151 cm³/mol. The number of unbranched alkanes of at least 4 members (excludes halogenated alkanes) is 3. The van der Waals surface area contributed by atoms with Crippen LogP contribution in [0.25, 0.3) is 0 Å². The zero-order chi connectivity index (χ0) is 27.0. The summed E-state index contributed by atoms with van der Waals surface area (Å²) in [5.74, 6) is 1.35. The lowest BCUT2D eigenvalue weighted by Crippen LogP contribution is -2.32. The van der Waals surface area contributed by atoms with Crippen molar-refractivity contribution < 1.29 is 19.7 Å². The molecule has 0 aliphatic rings. The Hall–Kier alpha value is -3.82. The number of amides is 2. The number of phenols is 1. The van der Waals surface area contributed by atoms with Crippen molar-refractivity contribution >= 4 is 23.2 Å². The van der Waals surface area contributed by atoms with E-state index in [-0.39, 0.29) is 18.4 Å². The van der Waals surface area contributed by atoms with Crippen LogP contribution in [0.2, 0.25) is 0 Å². The normalized spacial score (nSPS) is 11.5. The van der Waals surface area contributed by atoms with Crippen molar-refractivity contribution in [3.63, 3.8) is 0 Å². The zero-order valence-corrected chi connectivity index (χ0v) is 22.0. The summed E-state index contributed by atoms with van der Waals surface area (Å²) in [6.45, 7) is 4.11. The van der Waals surface area contributed by atoms with Gasteiger partial charge in [-0.25, -0.2) is 9.78 Å². The van der Waals surface area contributed by atoms with Crippen LogP contribution in [-0.4, -0.2) is 53.6 Å². The topological polar surface area (TPSA) is 128 Å². The number of aromatic nitrogens is 1. The maximum atomic E-state index is 12.3. The number of hydrogen-bond donors (Lipinski definition) is 6. The predicted octanol–water partition coefficient (Wildman–Crippen LogP) is 4.80. The average Bonchev–Trinajstić information content (AvgIpc) is 2.92. The second-order valence-corrected chi connectivity index (χ2v) is 9.08. The number of phenolic OH excluding ortho intramolecular Hbond substituents is 1. The van der Waals surface area contributed by atoms with Crippen LogP contribution in [0, 0.1) is 0 Å². The molecule has 1 aromatic heterocycles. The quantitative estimate of drug-likeness (QED) is 0.149. The van der Waals surface area contributed by atoms with Gasteiger partial charge in [0.05, 0.1) is 5.69 Å². The third-order valence-electron chi connectivity index (χ3n) is 5.84. The Morgan fingerprint density at radius 3 is 2.55 bits per heavy atom. The van der Waals surface area contributed by atoms with Gasteiger partial charge in [0.2, 0.25) is 0 Å². The summed E-state index contributed by atoms with van der Waals surface area (Å²) in [6.07, 6.45) is 6.27. The Morgan fingerprint density at radius 1 is 1.00 bits per heavy atom. The van der Waals surface area contributed by atoms with E-state index >= 15 is 0 Å². The first-order valence-corrected chi connectivity index (χ1v) is 13.2. The van der Waals surface area contributed by atoms with Gasteiger partial charge in [0.15, 0.2) is 5.82 Å². The van der Waals surface area contributed by atoms with Crippen molar-refractivity contribution in [2.45, 2.75) is 45.1 Å². The highest BCUT2D eigenvalue weighted by atomic mass is 16.5. The summed E-state index contributed by atoms with van der Waals surface area (Å²) in [7, 11) is 0. The number of pyridine rings is 1. The van der Waals surface area contributed by atoms with Gasteiger partial charge in [-0.1, -0.05) is 38.3 Å². The second-order valence-electron chi connectivity index (χ2n) is 9.08. The third kappa shape index (κ3) is 10.7. The summed E-state index contributed by atoms with van der Waals surface area (Å²) < 4.78 is 5.52. The van der Waals surface area contributed by atoms with Gasteiger partial charge in [0.25, 0.3) is 0 Å². The Bertz CT molecular complexity index is 1090. The molecule has 2 aromatic carbocycles. The van der Waals surface area contributed by atoms with Crippen molar-refractivity contribution in [3.8, 4) is 11.5 Å². The van der Waals surface area contributed by atoms with Gasteiger partial charge >= 0.3 is 6.03 Å². The van der Waals surface area contributed by atoms with E-state index in [0.29, 0.717) is 36.9 Å². The molecule has 0 spiro atoms. The van der Waals surface area contributed by atoms with Crippen molar-refractivity contribution in [1.82, 2.24) is 15.6 Å². The van der Waals surface area contributed by atoms with Gasteiger partial charge in [-0.15, -0.1) is 0 Å². The fourth-order valence-corrected chi connectivity index (χ4v) is 3.71. The van der Waals surface area contributed by atoms with Crippen LogP contribution >= 0.6 is 0 Å². The summed E-state index contributed by atoms with van der Waals surface area (Å²) in [6, 6.07) is 17.8. The van der Waals surface area contributed by atoms with Crippen LogP contribution in [0.1, 0.15) is 38.2 Å². The minimum atomic E-state index is -0.639. The summed E-state index contributed by atoms with van der Waals surface area (Å²) in [5, 5.41) is 31.7. The summed E-state index contributed by atoms with van der Waals surface area (Å²) in [4.78, 5) is 16.6. The molecule has 9 nitrogen and oxygen atoms in total. The molecule has 0 aliphatic carbocycles. The lowest BCUT2D eigenvalue weighted by molar-refractivity contribution is 0.106. The molecule has 38 heavy (non-hydrogen) atoms. The average molecular weight is 522 g/mol. The number of aliphatic hydroxyl groups excluding tert-OH is 1. The molecule has 1 heterocycles. The fraction of sp³-hybridized carbons (Fsp3) is 0.379. The number of nitrogens with zero attached hydrogens (tertiary/aromatic N) is 1. The fourth-order valence-electron chi connectivity index (χ4n) is 3.71. The van der Waals surface area contributed by atoms with Crippen LogP contribution in [0.3, 0.4) is 0 Å². The zero-order valence-electron chi connectivity index (χ0n) is 22.0. The Labute approximate surface area is 224 Å². The summed E-state index contributed by atoms with van der Waals surface area (Å²) in [5.41, 5.74) is 2.63. The van der Waals surface area contributed by atoms with Crippen LogP contribution in [0.5, 0.6) is 11.5 Å². The van der Waals surface area contributed by atoms with Gasteiger partial charge in [-0.05, 0) is 73.5 Å². The van der Waals surface area contributed by atoms with E-state index in [9.17, 15) is 15.0 Å². The largest absolute Gasteiger partial charge is 0.508 e. The molecule has 2 amide bonds. The van der Waals surface area contributed by atoms with Crippen LogP contribution in [-0.2, 0) is 6.42 Å². The number of hydrogen-bond acceptors (Lipinski definition) is 7. The molecule has 0 aliphatic heterocycles. The molecule has 6 N–H and O–H groups in total. The standard InChI is InChI=1S/C29H39N5O4/c1-2-3-4-5-17-32-29(37)34-27-7-6-18-31-28(27)33-23-10-8-22(9-11-23)16-19-30-20-25(36)21-38-26-14-12-24(35)13-15-26/h6-15,18,25,30,35-36H,2-5,16-17,19-21H2,1H3,(H,31,33)(H2,32,34,37)/t25-/m0/s1. The van der Waals surface area contributed by atoms with Crippen molar-refractivity contribution in [2.24, 2.45) is 0 Å². The molecular weight excluding hydrogens is 482 g/mol. The number of nitrogens with one attached hydrogen (secondary N) is 4. The van der Waals surface area contributed by atoms with Gasteiger partial charge in [0.1, 0.15) is 24.2 Å². The second kappa shape index (κ2) is 16.1. The maximum absolute atomic E-state index is 12.3. The van der Waals surface area contributed by atoms with E-state index in [1.807, 2.05) is 30.3 Å². The molecule has 9 heteroatoms. The van der Waals surface area contributed by atoms with Crippen LogP contribution in [0.4, 0.5) is 22.0 Å². The monoisotopic (exact) mass is 521 g/mol. The molecule has 0 saturated carbocycles. The molecule has 3 rings (SSSR count). The molecule has 0 unspecified atom stereocenters. The minimum absolute atomic E-state index is 0.170. The molecule has 0 saturated heterocycles. The van der Waals surface area contributed by atoms with E-state index in [1.165, 1.54) is 12.8 Å². The van der Waals surface area contributed by atoms with Gasteiger partial charge in [-0.3, -0.25) is 0 Å². The first kappa shape index (κ1) is 28.7. The van der Waals surface area contributed by atoms with E-state index in [1.54, 1.807) is 36.5 Å². The van der Waals surface area contributed by atoms with Crippen molar-refractivity contribution in [2.75, 3.05) is 36.9 Å². The highest BCUT2D eigenvalue weighted by Crippen LogP contribution is 2.23. The van der Waals surface area contributed by atoms with E-state index in [4.69, 9.17) is 4.74 Å². The number of rotatable bonds is 16. The Balaban J connectivity index is 1.37. The molecule has 0 fully saturated rings. The molecule has 0 bridgehead atoms. The van der Waals surface area contributed by atoms with E-state index in [0.717, 1.165) is 30.5 Å². The summed E-state index contributed by atoms with van der Waals surface area (Å²) >= 11 is 0. The van der Waals surface area contributed by atoms with Gasteiger partial charge < -0.3 is 36.2 Å². The Morgan fingerprint density at radius 2 is 1.79 bits per heavy atom. The number of aliphatic hydroxyl groups is 1. The maximum Gasteiger partial charge on any atom is 0.319 e. The van der Waals surface area contributed by atoms with E-state index in [2.05, 4.69) is 33.2 Å². The SMILES string of the molecule is CCCCCCNC(=O)Nc1cccnc1Nc1ccc(CCNC[C@H](O)COc2ccc(O)cc2)cc1. The van der Waals surface area contributed by atoms with Gasteiger partial charge in [-0.2, -0.15) is 0 Å². The number of carbonyl (C=O) groups excluding carboxylic acids is 1. The lowest BCUT2D eigenvalue weighted by Gasteiger charge is -2.14. The van der Waals surface area contributed by atoms with Crippen LogP contribution < -0.4 is 26.0 Å². The molecule has 0 radical (unpaired) electrons. The third-order valence-corrected chi connectivity index (χ3v) is 5.84. The first-order valence-electron chi connectivity index (χ1n) is 13.2. The highest BCUT2D eigenvalue weighted by molar-refractivity contribution is 5.92. The van der Waals surface area contributed by atoms with Gasteiger partial charge in [0, 0.05) is 25.0 Å².